The van der Waals surface area contributed by atoms with E-state index >= 15 is 0 Å². The molecule has 1 aromatic carbocycles. The molecule has 0 aliphatic carbocycles. The van der Waals surface area contributed by atoms with Crippen LogP contribution in [0.2, 0.25) is 4.34 Å². The smallest absolute Gasteiger partial charge is 0.137 e. The lowest BCUT2D eigenvalue weighted by Crippen LogP contribution is -2.17. The molecule has 0 fully saturated rings. The van der Waals surface area contributed by atoms with E-state index in [1.165, 1.54) is 10.9 Å². The van der Waals surface area contributed by atoms with Crippen LogP contribution < -0.4 is 5.32 Å². The number of hydrogen-bond donors (Lipinski definition) is 1. The van der Waals surface area contributed by atoms with Crippen molar-refractivity contribution in [1.29, 1.82) is 0 Å². The first-order chi connectivity index (χ1) is 8.58. The van der Waals surface area contributed by atoms with Crippen LogP contribution in [0.4, 0.5) is 4.39 Å². The van der Waals surface area contributed by atoms with E-state index in [4.69, 9.17) is 11.6 Å². The van der Waals surface area contributed by atoms with Crippen molar-refractivity contribution >= 4 is 38.9 Å². The second-order valence-corrected chi connectivity index (χ2v) is 6.50. The molecule has 96 valence electrons. The second-order valence-electron chi connectivity index (χ2n) is 3.96. The predicted molar refractivity (Wildman–Crippen MR) is 78.7 cm³/mol. The van der Waals surface area contributed by atoms with Crippen molar-refractivity contribution in [2.45, 2.75) is 19.5 Å². The molecule has 1 aromatic heterocycles. The normalized spacial score (nSPS) is 12.7. The van der Waals surface area contributed by atoms with Crippen LogP contribution >= 0.6 is 38.9 Å². The fourth-order valence-electron chi connectivity index (χ4n) is 1.61. The fourth-order valence-corrected chi connectivity index (χ4v) is 3.10. The van der Waals surface area contributed by atoms with Gasteiger partial charge in [0.25, 0.3) is 0 Å². The van der Waals surface area contributed by atoms with E-state index in [0.29, 0.717) is 11.0 Å². The summed E-state index contributed by atoms with van der Waals surface area (Å²) < 4.78 is 14.6. The molecular formula is C13H12BrClFNS. The third-order valence-corrected chi connectivity index (χ3v) is 4.95. The summed E-state index contributed by atoms with van der Waals surface area (Å²) in [5.41, 5.74) is 0.907. The van der Waals surface area contributed by atoms with Gasteiger partial charge in [0.1, 0.15) is 5.82 Å². The van der Waals surface area contributed by atoms with Gasteiger partial charge in [0, 0.05) is 17.5 Å². The van der Waals surface area contributed by atoms with Crippen LogP contribution in [0.15, 0.2) is 34.8 Å². The average molecular weight is 349 g/mol. The van der Waals surface area contributed by atoms with Crippen LogP contribution in [0.5, 0.6) is 0 Å². The molecule has 0 radical (unpaired) electrons. The zero-order chi connectivity index (χ0) is 13.1. The van der Waals surface area contributed by atoms with Crippen LogP contribution in [0.25, 0.3) is 0 Å². The van der Waals surface area contributed by atoms with Crippen LogP contribution in [0, 0.1) is 5.82 Å². The first kappa shape index (κ1) is 14.0. The molecule has 0 aliphatic rings. The van der Waals surface area contributed by atoms with Crippen LogP contribution in [0.3, 0.4) is 0 Å². The predicted octanol–water partition coefficient (Wildman–Crippen LogP) is 5.15. The summed E-state index contributed by atoms with van der Waals surface area (Å²) in [6.07, 6.45) is 0. The molecular weight excluding hydrogens is 337 g/mol. The van der Waals surface area contributed by atoms with Gasteiger partial charge >= 0.3 is 0 Å². The van der Waals surface area contributed by atoms with Crippen molar-refractivity contribution in [1.82, 2.24) is 5.32 Å². The zero-order valence-electron chi connectivity index (χ0n) is 9.71. The van der Waals surface area contributed by atoms with Gasteiger partial charge in [0.15, 0.2) is 0 Å². The van der Waals surface area contributed by atoms with Crippen molar-refractivity contribution in [2.75, 3.05) is 0 Å². The Hall–Kier alpha value is -0.420. The lowest BCUT2D eigenvalue weighted by atomic mass is 10.2. The Balaban J connectivity index is 2.01. The van der Waals surface area contributed by atoms with Crippen LogP contribution in [-0.2, 0) is 6.54 Å². The van der Waals surface area contributed by atoms with Gasteiger partial charge in [0.2, 0.25) is 0 Å². The number of benzene rings is 1. The standard InChI is InChI=1S/C13H12BrClFNS/c1-8(11-5-6-12(15)18-11)17-7-9-3-2-4-10(16)13(9)14/h2-6,8,17H,7H2,1H3. The summed E-state index contributed by atoms with van der Waals surface area (Å²) in [5, 5.41) is 3.35. The second kappa shape index (κ2) is 6.15. The van der Waals surface area contributed by atoms with Gasteiger partial charge in [-0.1, -0.05) is 23.7 Å². The molecule has 2 aromatic rings. The van der Waals surface area contributed by atoms with E-state index in [-0.39, 0.29) is 11.9 Å². The Morgan fingerprint density at radius 3 is 2.83 bits per heavy atom. The lowest BCUT2D eigenvalue weighted by Gasteiger charge is -2.13. The summed E-state index contributed by atoms with van der Waals surface area (Å²) >= 11 is 10.7. The molecule has 2 rings (SSSR count). The minimum Gasteiger partial charge on any atom is -0.305 e. The topological polar surface area (TPSA) is 12.0 Å². The third kappa shape index (κ3) is 3.32. The molecule has 5 heteroatoms. The summed E-state index contributed by atoms with van der Waals surface area (Å²) in [7, 11) is 0. The van der Waals surface area contributed by atoms with Crippen LogP contribution in [-0.4, -0.2) is 0 Å². The summed E-state index contributed by atoms with van der Waals surface area (Å²) in [6.45, 7) is 2.67. The molecule has 0 amide bonds. The van der Waals surface area contributed by atoms with E-state index in [9.17, 15) is 4.39 Å². The Morgan fingerprint density at radius 1 is 1.39 bits per heavy atom. The van der Waals surface area contributed by atoms with Crippen molar-refractivity contribution in [3.63, 3.8) is 0 Å². The zero-order valence-corrected chi connectivity index (χ0v) is 12.9. The summed E-state index contributed by atoms with van der Waals surface area (Å²) in [6, 6.07) is 9.13. The Kier molecular flexibility index (Phi) is 4.78. The molecule has 0 saturated carbocycles. The Morgan fingerprint density at radius 2 is 2.17 bits per heavy atom. The van der Waals surface area contributed by atoms with Gasteiger partial charge in [-0.25, -0.2) is 4.39 Å². The Labute approximate surface area is 123 Å². The van der Waals surface area contributed by atoms with Crippen molar-refractivity contribution in [3.8, 4) is 0 Å². The molecule has 1 unspecified atom stereocenters. The highest BCUT2D eigenvalue weighted by Crippen LogP contribution is 2.27. The molecule has 1 heterocycles. The molecule has 0 saturated heterocycles. The SMILES string of the molecule is CC(NCc1cccc(F)c1Br)c1ccc(Cl)s1. The minimum absolute atomic E-state index is 0.192. The molecule has 0 aliphatic heterocycles. The van der Waals surface area contributed by atoms with Gasteiger partial charge in [0.05, 0.1) is 8.81 Å². The van der Waals surface area contributed by atoms with Gasteiger partial charge in [-0.2, -0.15) is 0 Å². The molecule has 1 N–H and O–H groups in total. The third-order valence-electron chi connectivity index (χ3n) is 2.65. The number of hydrogen-bond acceptors (Lipinski definition) is 2. The van der Waals surface area contributed by atoms with Gasteiger partial charge < -0.3 is 5.32 Å². The Bertz CT molecular complexity index is 544. The van der Waals surface area contributed by atoms with E-state index < -0.39 is 0 Å². The van der Waals surface area contributed by atoms with E-state index in [2.05, 4.69) is 28.2 Å². The monoisotopic (exact) mass is 347 g/mol. The quantitative estimate of drug-likeness (QED) is 0.805. The maximum atomic E-state index is 13.3. The molecule has 0 spiro atoms. The average Bonchev–Trinajstić information content (AvgIpc) is 2.77. The lowest BCUT2D eigenvalue weighted by molar-refractivity contribution is 0.573. The number of thiophene rings is 1. The first-order valence-corrected chi connectivity index (χ1v) is 7.48. The van der Waals surface area contributed by atoms with E-state index in [1.54, 1.807) is 17.4 Å². The number of halogens is 3. The highest BCUT2D eigenvalue weighted by atomic mass is 79.9. The van der Waals surface area contributed by atoms with E-state index in [0.717, 1.165) is 9.90 Å². The van der Waals surface area contributed by atoms with Crippen LogP contribution in [0.1, 0.15) is 23.4 Å². The van der Waals surface area contributed by atoms with Crippen molar-refractivity contribution < 1.29 is 4.39 Å². The molecule has 1 nitrogen and oxygen atoms in total. The van der Waals surface area contributed by atoms with Crippen molar-refractivity contribution in [3.05, 3.63) is 55.4 Å². The van der Waals surface area contributed by atoms with Gasteiger partial charge in [-0.15, -0.1) is 11.3 Å². The number of nitrogens with one attached hydrogen (secondary N) is 1. The molecule has 1 atom stereocenters. The van der Waals surface area contributed by atoms with Gasteiger partial charge in [-0.05, 0) is 46.6 Å². The first-order valence-electron chi connectivity index (χ1n) is 5.49. The fraction of sp³-hybridized carbons (Fsp3) is 0.231. The minimum atomic E-state index is -0.235. The maximum absolute atomic E-state index is 13.3. The van der Waals surface area contributed by atoms with E-state index in [1.807, 2.05) is 18.2 Å². The maximum Gasteiger partial charge on any atom is 0.137 e. The van der Waals surface area contributed by atoms with Gasteiger partial charge in [-0.3, -0.25) is 0 Å². The summed E-state index contributed by atoms with van der Waals surface area (Å²) in [4.78, 5) is 1.17. The largest absolute Gasteiger partial charge is 0.305 e. The molecule has 18 heavy (non-hydrogen) atoms. The van der Waals surface area contributed by atoms with Crippen molar-refractivity contribution in [2.24, 2.45) is 0 Å². The number of rotatable bonds is 4. The highest BCUT2D eigenvalue weighted by Gasteiger charge is 2.10. The molecule has 0 bridgehead atoms. The highest BCUT2D eigenvalue weighted by molar-refractivity contribution is 9.10. The summed E-state index contributed by atoms with van der Waals surface area (Å²) in [5.74, 6) is -0.235.